The largest absolute Gasteiger partial charge is 0.334 e. The average molecular weight is 353 g/mol. The molecule has 2 aromatic rings. The van der Waals surface area contributed by atoms with Gasteiger partial charge in [0.05, 0.1) is 4.47 Å². The zero-order valence-electron chi connectivity index (χ0n) is 9.87. The second-order valence-electron chi connectivity index (χ2n) is 3.91. The Labute approximate surface area is 118 Å². The average Bonchev–Trinajstić information content (AvgIpc) is 2.41. The van der Waals surface area contributed by atoms with E-state index < -0.39 is 34.8 Å². The smallest absolute Gasteiger partial charge is 0.200 e. The van der Waals surface area contributed by atoms with Crippen molar-refractivity contribution in [2.45, 2.75) is 6.92 Å². The number of benzene rings is 1. The summed E-state index contributed by atoms with van der Waals surface area (Å²) in [7, 11) is 0. The molecule has 2 nitrogen and oxygen atoms in total. The van der Waals surface area contributed by atoms with E-state index in [0.717, 1.165) is 5.56 Å². The fraction of sp³-hybridized carbons (Fsp3) is 0.0833. The minimum atomic E-state index is -2.21. The van der Waals surface area contributed by atoms with E-state index in [2.05, 4.69) is 26.2 Å². The number of hydrogen-bond donors (Lipinski definition) is 1. The van der Waals surface area contributed by atoms with Crippen LogP contribution in [0.3, 0.4) is 0 Å². The van der Waals surface area contributed by atoms with Crippen molar-refractivity contribution >= 4 is 27.4 Å². The molecule has 0 aliphatic carbocycles. The summed E-state index contributed by atoms with van der Waals surface area (Å²) in [6.07, 6.45) is 1.37. The van der Waals surface area contributed by atoms with Crippen LogP contribution in [-0.2, 0) is 0 Å². The molecule has 1 aromatic carbocycles. The van der Waals surface area contributed by atoms with Gasteiger partial charge in [-0.1, -0.05) is 0 Å². The van der Waals surface area contributed by atoms with Gasteiger partial charge in [0.25, 0.3) is 0 Å². The van der Waals surface area contributed by atoms with Crippen molar-refractivity contribution in [2.75, 3.05) is 5.32 Å². The van der Waals surface area contributed by atoms with Crippen LogP contribution in [0.1, 0.15) is 5.56 Å². The Morgan fingerprint density at radius 2 is 1.45 bits per heavy atom. The number of hydrogen-bond acceptors (Lipinski definition) is 2. The first-order valence-corrected chi connectivity index (χ1v) is 6.02. The molecule has 0 saturated heterocycles. The highest BCUT2D eigenvalue weighted by molar-refractivity contribution is 9.10. The highest BCUT2D eigenvalue weighted by atomic mass is 79.9. The summed E-state index contributed by atoms with van der Waals surface area (Å²) in [5.74, 6) is -10.2. The Balaban J connectivity index is 2.54. The molecule has 1 aromatic heterocycles. The van der Waals surface area contributed by atoms with Crippen LogP contribution >= 0.6 is 15.9 Å². The van der Waals surface area contributed by atoms with Crippen LogP contribution in [0.15, 0.2) is 16.7 Å². The summed E-state index contributed by atoms with van der Waals surface area (Å²) in [6, 6.07) is 1.57. The fourth-order valence-electron chi connectivity index (χ4n) is 1.46. The van der Waals surface area contributed by atoms with Crippen LogP contribution in [-0.4, -0.2) is 4.98 Å². The molecule has 0 atom stereocenters. The molecule has 2 rings (SSSR count). The SMILES string of the molecule is Cc1cnc(Nc2c(F)c(F)c(F)c(F)c2F)c(Br)c1. The van der Waals surface area contributed by atoms with E-state index in [4.69, 9.17) is 0 Å². The lowest BCUT2D eigenvalue weighted by molar-refractivity contribution is 0.382. The minimum absolute atomic E-state index is 0.0705. The summed E-state index contributed by atoms with van der Waals surface area (Å²) in [4.78, 5) is 3.81. The number of nitrogens with zero attached hydrogens (tertiary/aromatic N) is 1. The maximum absolute atomic E-state index is 13.5. The molecule has 0 fully saturated rings. The molecule has 8 heteroatoms. The Bertz CT molecular complexity index is 661. The van der Waals surface area contributed by atoms with E-state index in [1.54, 1.807) is 13.0 Å². The lowest BCUT2D eigenvalue weighted by Crippen LogP contribution is -2.07. The topological polar surface area (TPSA) is 24.9 Å². The van der Waals surface area contributed by atoms with Crippen LogP contribution in [0.2, 0.25) is 0 Å². The summed E-state index contributed by atoms with van der Waals surface area (Å²) in [5, 5.41) is 2.09. The van der Waals surface area contributed by atoms with Crippen molar-refractivity contribution in [1.82, 2.24) is 4.98 Å². The zero-order valence-corrected chi connectivity index (χ0v) is 11.5. The Morgan fingerprint density at radius 3 is 1.95 bits per heavy atom. The third-order valence-electron chi connectivity index (χ3n) is 2.43. The molecular formula is C12H6BrF5N2. The number of nitrogens with one attached hydrogen (secondary N) is 1. The maximum atomic E-state index is 13.5. The lowest BCUT2D eigenvalue weighted by Gasteiger charge is -2.11. The summed E-state index contributed by atoms with van der Waals surface area (Å²) in [6.45, 7) is 1.72. The molecule has 0 spiro atoms. The monoisotopic (exact) mass is 352 g/mol. The normalized spacial score (nSPS) is 10.8. The number of aryl methyl sites for hydroxylation is 1. The van der Waals surface area contributed by atoms with Crippen LogP contribution in [0.5, 0.6) is 0 Å². The molecule has 0 aliphatic rings. The third kappa shape index (κ3) is 2.47. The van der Waals surface area contributed by atoms with Crippen molar-refractivity contribution < 1.29 is 22.0 Å². The highest BCUT2D eigenvalue weighted by Crippen LogP contribution is 2.31. The molecule has 1 N–H and O–H groups in total. The van der Waals surface area contributed by atoms with Gasteiger partial charge in [-0.15, -0.1) is 0 Å². The molecule has 1 heterocycles. The van der Waals surface area contributed by atoms with Crippen LogP contribution < -0.4 is 5.32 Å². The zero-order chi connectivity index (χ0) is 15.0. The first kappa shape index (κ1) is 14.7. The maximum Gasteiger partial charge on any atom is 0.200 e. The molecule has 0 unspecified atom stereocenters. The molecule has 0 amide bonds. The van der Waals surface area contributed by atoms with E-state index in [0.29, 0.717) is 4.47 Å². The van der Waals surface area contributed by atoms with Crippen LogP contribution in [0.4, 0.5) is 33.5 Å². The van der Waals surface area contributed by atoms with Gasteiger partial charge in [0.2, 0.25) is 5.82 Å². The number of pyridine rings is 1. The fourth-order valence-corrected chi connectivity index (χ4v) is 2.02. The van der Waals surface area contributed by atoms with Gasteiger partial charge in [0.1, 0.15) is 11.5 Å². The Morgan fingerprint density at radius 1 is 0.950 bits per heavy atom. The molecule has 0 bridgehead atoms. The Hall–Kier alpha value is -1.70. The molecule has 20 heavy (non-hydrogen) atoms. The molecule has 0 aliphatic heterocycles. The standard InChI is InChI=1S/C12H6BrF5N2/c1-4-2-5(13)12(19-3-4)20-11-9(17)7(15)6(14)8(16)10(11)18/h2-3H,1H3,(H,19,20). The predicted octanol–water partition coefficient (Wildman–Crippen LogP) is 4.59. The lowest BCUT2D eigenvalue weighted by atomic mass is 10.2. The third-order valence-corrected chi connectivity index (χ3v) is 3.04. The molecule has 0 radical (unpaired) electrons. The summed E-state index contributed by atoms with van der Waals surface area (Å²) >= 11 is 3.07. The van der Waals surface area contributed by atoms with Gasteiger partial charge in [-0.05, 0) is 34.5 Å². The van der Waals surface area contributed by atoms with Crippen LogP contribution in [0.25, 0.3) is 0 Å². The van der Waals surface area contributed by atoms with E-state index >= 15 is 0 Å². The van der Waals surface area contributed by atoms with Gasteiger partial charge in [0, 0.05) is 6.20 Å². The molecule has 0 saturated carbocycles. The molecule has 106 valence electrons. The minimum Gasteiger partial charge on any atom is -0.334 e. The number of anilines is 2. The van der Waals surface area contributed by atoms with E-state index in [1.165, 1.54) is 6.20 Å². The van der Waals surface area contributed by atoms with Gasteiger partial charge in [-0.3, -0.25) is 0 Å². The van der Waals surface area contributed by atoms with Crippen molar-refractivity contribution in [1.29, 1.82) is 0 Å². The molecular weight excluding hydrogens is 347 g/mol. The number of halogens is 6. The van der Waals surface area contributed by atoms with Gasteiger partial charge >= 0.3 is 0 Å². The van der Waals surface area contributed by atoms with Crippen molar-refractivity contribution in [3.8, 4) is 0 Å². The summed E-state index contributed by atoms with van der Waals surface area (Å²) < 4.78 is 66.2. The van der Waals surface area contributed by atoms with Gasteiger partial charge in [0.15, 0.2) is 23.3 Å². The second kappa shape index (κ2) is 5.35. The van der Waals surface area contributed by atoms with Gasteiger partial charge < -0.3 is 5.32 Å². The van der Waals surface area contributed by atoms with Gasteiger partial charge in [-0.25, -0.2) is 26.9 Å². The van der Waals surface area contributed by atoms with Gasteiger partial charge in [-0.2, -0.15) is 0 Å². The predicted molar refractivity (Wildman–Crippen MR) is 66.2 cm³/mol. The van der Waals surface area contributed by atoms with E-state index in [-0.39, 0.29) is 5.82 Å². The first-order chi connectivity index (χ1) is 9.32. The van der Waals surface area contributed by atoms with E-state index in [9.17, 15) is 22.0 Å². The Kier molecular flexibility index (Phi) is 3.94. The van der Waals surface area contributed by atoms with Crippen molar-refractivity contribution in [3.05, 3.63) is 51.4 Å². The quantitative estimate of drug-likeness (QED) is 0.485. The summed E-state index contributed by atoms with van der Waals surface area (Å²) in [5.41, 5.74) is -0.404. The van der Waals surface area contributed by atoms with Crippen molar-refractivity contribution in [3.63, 3.8) is 0 Å². The highest BCUT2D eigenvalue weighted by Gasteiger charge is 2.26. The number of aromatic nitrogens is 1. The number of rotatable bonds is 2. The van der Waals surface area contributed by atoms with Crippen molar-refractivity contribution in [2.24, 2.45) is 0 Å². The van der Waals surface area contributed by atoms with Crippen LogP contribution in [0, 0.1) is 36.0 Å². The van der Waals surface area contributed by atoms with E-state index in [1.807, 2.05) is 0 Å². The second-order valence-corrected chi connectivity index (χ2v) is 4.77. The first-order valence-electron chi connectivity index (χ1n) is 5.23.